The molecule has 14 atom stereocenters. The highest BCUT2D eigenvalue weighted by atomic mass is 16.8. The topological polar surface area (TPSA) is 255 Å². The number of hydrogen-bond donors (Lipinski definition) is 9. The Hall–Kier alpha value is -1.09. The molecule has 3 aliphatic rings. The summed E-state index contributed by atoms with van der Waals surface area (Å²) in [6, 6.07) is 0. The van der Waals surface area contributed by atoms with E-state index < -0.39 is 105 Å². The third-order valence-corrected chi connectivity index (χ3v) is 5.86. The van der Waals surface area contributed by atoms with Crippen molar-refractivity contribution in [3.05, 3.63) is 0 Å². The summed E-state index contributed by atoms with van der Waals surface area (Å²) >= 11 is 0. The van der Waals surface area contributed by atoms with Crippen molar-refractivity contribution in [3.63, 3.8) is 0 Å². The number of aliphatic hydroxyl groups excluding tert-OH is 9. The summed E-state index contributed by atoms with van der Waals surface area (Å²) in [5, 5.41) is 90.6. The van der Waals surface area contributed by atoms with Crippen molar-refractivity contribution >= 4 is 5.97 Å². The summed E-state index contributed by atoms with van der Waals surface area (Å²) in [7, 11) is 0.997. The van der Waals surface area contributed by atoms with E-state index in [2.05, 4.69) is 4.74 Å². The number of carbonyl (C=O) groups excluding carboxylic acids is 1. The van der Waals surface area contributed by atoms with Crippen LogP contribution in [-0.2, 0) is 33.2 Å². The number of esters is 1. The molecule has 3 saturated heterocycles. The fraction of sp³-hybridized carbons (Fsp3) is 0.944. The van der Waals surface area contributed by atoms with Crippen LogP contribution in [0.1, 0.15) is 0 Å². The molecule has 3 fully saturated rings. The monoisotopic (exact) mass is 502 g/mol. The molecule has 0 bridgehead atoms. The Morgan fingerprint density at radius 1 is 0.794 bits per heavy atom. The van der Waals surface area contributed by atoms with E-state index >= 15 is 0 Å². The maximum Gasteiger partial charge on any atom is 0.337 e. The first kappa shape index (κ1) is 27.5. The van der Waals surface area contributed by atoms with E-state index in [1.165, 1.54) is 0 Å². The summed E-state index contributed by atoms with van der Waals surface area (Å²) in [5.41, 5.74) is 0. The van der Waals surface area contributed by atoms with E-state index in [0.29, 0.717) is 0 Å². The quantitative estimate of drug-likeness (QED) is 0.153. The minimum atomic E-state index is -2.02. The molecule has 3 heterocycles. The molecule has 0 aromatic heterocycles. The molecular weight excluding hydrogens is 472 g/mol. The summed E-state index contributed by atoms with van der Waals surface area (Å²) in [6.07, 6.45) is -24.4. The van der Waals surface area contributed by atoms with Crippen LogP contribution in [0.25, 0.3) is 0 Å². The highest BCUT2D eigenvalue weighted by Crippen LogP contribution is 2.31. The number of ether oxygens (including phenoxy) is 6. The molecule has 16 nitrogen and oxygen atoms in total. The van der Waals surface area contributed by atoms with Gasteiger partial charge >= 0.3 is 5.97 Å². The van der Waals surface area contributed by atoms with Gasteiger partial charge in [0.15, 0.2) is 25.0 Å². The van der Waals surface area contributed by atoms with Crippen LogP contribution in [0.2, 0.25) is 0 Å². The Kier molecular flexibility index (Phi) is 9.15. The molecule has 0 aliphatic carbocycles. The summed E-state index contributed by atoms with van der Waals surface area (Å²) in [5.74, 6) is -1.08. The van der Waals surface area contributed by atoms with Gasteiger partial charge in [-0.05, 0) is 0 Å². The molecule has 0 saturated carbocycles. The number of carbonyl (C=O) groups is 1. The van der Waals surface area contributed by atoms with E-state index in [1.807, 2.05) is 0 Å². The van der Waals surface area contributed by atoms with Gasteiger partial charge in [-0.3, -0.25) is 0 Å². The average Bonchev–Trinajstić information content (AvgIpc) is 2.82. The van der Waals surface area contributed by atoms with Gasteiger partial charge in [0.05, 0.1) is 20.3 Å². The van der Waals surface area contributed by atoms with Crippen LogP contribution >= 0.6 is 0 Å². The van der Waals surface area contributed by atoms with Crippen LogP contribution in [0.15, 0.2) is 0 Å². The predicted octanol–water partition coefficient (Wildman–Crippen LogP) is -6.75. The Morgan fingerprint density at radius 3 is 2.03 bits per heavy atom. The normalized spacial score (nSPS) is 50.1. The zero-order chi connectivity index (χ0) is 25.3. The zero-order valence-electron chi connectivity index (χ0n) is 17.9. The minimum Gasteiger partial charge on any atom is -0.467 e. The second-order valence-electron chi connectivity index (χ2n) is 8.11. The van der Waals surface area contributed by atoms with Crippen molar-refractivity contribution in [3.8, 4) is 0 Å². The maximum atomic E-state index is 11.7. The summed E-state index contributed by atoms with van der Waals surface area (Å²) in [6.45, 7) is -1.24. The molecule has 34 heavy (non-hydrogen) atoms. The van der Waals surface area contributed by atoms with Gasteiger partial charge in [-0.15, -0.1) is 0 Å². The minimum absolute atomic E-state index is 0.449. The lowest BCUT2D eigenvalue weighted by atomic mass is 9.97. The van der Waals surface area contributed by atoms with E-state index in [0.717, 1.165) is 7.11 Å². The molecule has 9 N–H and O–H groups in total. The van der Waals surface area contributed by atoms with Crippen LogP contribution in [0, 0.1) is 0 Å². The standard InChI is InChI=1S/C18H30O16/c1-29-15(27)12-9(24)10(25)13(16(28)32-12)33-18-14(8(23)7(22)5(2-19)31-18)34-17-11(26)6(21)4(20)3-30-17/h4-14,16-26,28H,2-3H2,1H3/t4-,5-,6+,7+,8+,9+,10+,11-,12+,13-,14-,16-,17+,18+/m1/s1. The Balaban J connectivity index is 1.79. The number of rotatable bonds is 6. The third-order valence-electron chi connectivity index (χ3n) is 5.86. The molecule has 0 radical (unpaired) electrons. The van der Waals surface area contributed by atoms with Gasteiger partial charge in [0.1, 0.15) is 61.0 Å². The first-order valence-electron chi connectivity index (χ1n) is 10.4. The lowest BCUT2D eigenvalue weighted by molar-refractivity contribution is -0.384. The van der Waals surface area contributed by atoms with Crippen LogP contribution in [-0.4, -0.2) is 158 Å². The van der Waals surface area contributed by atoms with Crippen LogP contribution < -0.4 is 0 Å². The van der Waals surface area contributed by atoms with Gasteiger partial charge in [0, 0.05) is 0 Å². The van der Waals surface area contributed by atoms with Crippen molar-refractivity contribution in [1.82, 2.24) is 0 Å². The van der Waals surface area contributed by atoms with Crippen molar-refractivity contribution in [2.45, 2.75) is 86.0 Å². The van der Waals surface area contributed by atoms with Gasteiger partial charge < -0.3 is 74.4 Å². The molecular formula is C18H30O16. The van der Waals surface area contributed by atoms with Crippen molar-refractivity contribution < 1.29 is 79.2 Å². The van der Waals surface area contributed by atoms with Crippen LogP contribution in [0.4, 0.5) is 0 Å². The largest absolute Gasteiger partial charge is 0.467 e. The molecule has 3 aliphatic heterocycles. The first-order chi connectivity index (χ1) is 16.0. The summed E-state index contributed by atoms with van der Waals surface area (Å²) in [4.78, 5) is 11.7. The van der Waals surface area contributed by atoms with E-state index in [4.69, 9.17) is 23.7 Å². The lowest BCUT2D eigenvalue weighted by Gasteiger charge is -2.47. The molecule has 3 rings (SSSR count). The van der Waals surface area contributed by atoms with Crippen molar-refractivity contribution in [2.24, 2.45) is 0 Å². The molecule has 16 heteroatoms. The number of hydrogen-bond acceptors (Lipinski definition) is 16. The van der Waals surface area contributed by atoms with Crippen molar-refractivity contribution in [2.75, 3.05) is 20.3 Å². The third kappa shape index (κ3) is 5.35. The average molecular weight is 502 g/mol. The van der Waals surface area contributed by atoms with E-state index in [-0.39, 0.29) is 0 Å². The van der Waals surface area contributed by atoms with Crippen LogP contribution in [0.3, 0.4) is 0 Å². The summed E-state index contributed by atoms with van der Waals surface area (Å²) < 4.78 is 30.8. The van der Waals surface area contributed by atoms with E-state index in [1.54, 1.807) is 0 Å². The van der Waals surface area contributed by atoms with Gasteiger partial charge in [-0.1, -0.05) is 0 Å². The fourth-order valence-electron chi connectivity index (χ4n) is 3.83. The van der Waals surface area contributed by atoms with Gasteiger partial charge in [0.25, 0.3) is 0 Å². The van der Waals surface area contributed by atoms with E-state index in [9.17, 15) is 50.8 Å². The SMILES string of the molecule is COC(=O)[C@H]1O[C@@H](O)[C@H](O[C@@H]2O[C@H](CO)[C@H](O)[C@H](O)[C@H]2O[C@@H]2OC[C@@H](O)[C@H](O)[C@H]2O)[C@@H](O)[C@@H]1O. The molecule has 0 unspecified atom stereocenters. The highest BCUT2D eigenvalue weighted by Gasteiger charge is 2.54. The molecule has 0 aromatic rings. The Morgan fingerprint density at radius 2 is 1.41 bits per heavy atom. The molecule has 0 aromatic carbocycles. The van der Waals surface area contributed by atoms with Crippen molar-refractivity contribution in [1.29, 1.82) is 0 Å². The van der Waals surface area contributed by atoms with Gasteiger partial charge in [0.2, 0.25) is 0 Å². The van der Waals surface area contributed by atoms with Gasteiger partial charge in [-0.2, -0.15) is 0 Å². The fourth-order valence-corrected chi connectivity index (χ4v) is 3.83. The molecule has 0 amide bonds. The first-order valence-corrected chi connectivity index (χ1v) is 10.4. The number of methoxy groups -OCH3 is 1. The highest BCUT2D eigenvalue weighted by molar-refractivity contribution is 5.75. The van der Waals surface area contributed by atoms with Crippen LogP contribution in [0.5, 0.6) is 0 Å². The zero-order valence-corrected chi connectivity index (χ0v) is 17.9. The lowest BCUT2D eigenvalue weighted by Crippen LogP contribution is -2.66. The Bertz CT molecular complexity index is 680. The smallest absolute Gasteiger partial charge is 0.337 e. The molecule has 198 valence electrons. The second-order valence-corrected chi connectivity index (χ2v) is 8.11. The predicted molar refractivity (Wildman–Crippen MR) is 100 cm³/mol. The molecule has 0 spiro atoms. The number of aliphatic hydroxyl groups is 9. The van der Waals surface area contributed by atoms with Gasteiger partial charge in [-0.25, -0.2) is 4.79 Å². The maximum absolute atomic E-state index is 11.7. The Labute approximate surface area is 192 Å². The second kappa shape index (κ2) is 11.3.